The van der Waals surface area contributed by atoms with Crippen molar-refractivity contribution in [1.29, 1.82) is 0 Å². The zero-order valence-electron chi connectivity index (χ0n) is 12.7. The fourth-order valence-corrected chi connectivity index (χ4v) is 4.78. The molecular weight excluding hydrogens is 302 g/mol. The molecule has 5 nitrogen and oxygen atoms in total. The maximum absolute atomic E-state index is 12.5. The molecule has 2 aliphatic heterocycles. The fraction of sp³-hybridized carbons (Fsp3) is 0.562. The summed E-state index contributed by atoms with van der Waals surface area (Å²) in [6.07, 6.45) is 2.18. The van der Waals surface area contributed by atoms with Crippen LogP contribution in [0.1, 0.15) is 25.3 Å². The van der Waals surface area contributed by atoms with Gasteiger partial charge in [-0.2, -0.15) is 0 Å². The van der Waals surface area contributed by atoms with Gasteiger partial charge in [-0.05, 0) is 37.8 Å². The highest BCUT2D eigenvalue weighted by molar-refractivity contribution is 7.92. The highest BCUT2D eigenvalue weighted by Gasteiger charge is 2.34. The standard InChI is InChI=1S/C16H21NO4S/c1-12-9-13-5-2-3-7-15(13)17(12)16(18)11-22(19,20)10-14-6-4-8-21-14/h2-3,5,7,12,14H,4,6,8-11H2,1H3/t12-,14+/m1/s1. The summed E-state index contributed by atoms with van der Waals surface area (Å²) in [5.74, 6) is -0.829. The predicted molar refractivity (Wildman–Crippen MR) is 84.7 cm³/mol. The summed E-state index contributed by atoms with van der Waals surface area (Å²) in [4.78, 5) is 14.1. The van der Waals surface area contributed by atoms with Crippen LogP contribution in [0.3, 0.4) is 0 Å². The number of ether oxygens (including phenoxy) is 1. The van der Waals surface area contributed by atoms with Crippen LogP contribution in [-0.2, 0) is 25.8 Å². The van der Waals surface area contributed by atoms with Crippen molar-refractivity contribution in [2.24, 2.45) is 0 Å². The number of fused-ring (bicyclic) bond motifs is 1. The van der Waals surface area contributed by atoms with Crippen LogP contribution in [0, 0.1) is 0 Å². The number of carbonyl (C=O) groups is 1. The predicted octanol–water partition coefficient (Wildman–Crippen LogP) is 1.56. The third-order valence-electron chi connectivity index (χ3n) is 4.28. The SMILES string of the molecule is C[C@@H]1Cc2ccccc2N1C(=O)CS(=O)(=O)C[C@@H]1CCCO1. The molecule has 0 bridgehead atoms. The van der Waals surface area contributed by atoms with E-state index in [1.165, 1.54) is 0 Å². The Labute approximate surface area is 131 Å². The fourth-order valence-electron chi connectivity index (χ4n) is 3.32. The van der Waals surface area contributed by atoms with Crippen molar-refractivity contribution in [3.05, 3.63) is 29.8 Å². The molecule has 0 aliphatic carbocycles. The van der Waals surface area contributed by atoms with Gasteiger partial charge < -0.3 is 9.64 Å². The number of anilines is 1. The number of nitrogens with zero attached hydrogens (tertiary/aromatic N) is 1. The van der Waals surface area contributed by atoms with Crippen molar-refractivity contribution in [3.8, 4) is 0 Å². The Bertz CT molecular complexity index is 664. The van der Waals surface area contributed by atoms with Crippen LogP contribution in [0.4, 0.5) is 5.69 Å². The van der Waals surface area contributed by atoms with Gasteiger partial charge >= 0.3 is 0 Å². The molecule has 0 aromatic heterocycles. The van der Waals surface area contributed by atoms with Crippen LogP contribution in [0.2, 0.25) is 0 Å². The molecule has 1 saturated heterocycles. The van der Waals surface area contributed by atoms with Gasteiger partial charge in [0.2, 0.25) is 5.91 Å². The molecule has 2 heterocycles. The lowest BCUT2D eigenvalue weighted by Gasteiger charge is -2.23. The molecule has 0 spiro atoms. The summed E-state index contributed by atoms with van der Waals surface area (Å²) in [7, 11) is -3.44. The monoisotopic (exact) mass is 323 g/mol. The Morgan fingerprint density at radius 3 is 2.86 bits per heavy atom. The first-order chi connectivity index (χ1) is 10.5. The third-order valence-corrected chi connectivity index (χ3v) is 5.85. The quantitative estimate of drug-likeness (QED) is 0.843. The minimum Gasteiger partial charge on any atom is -0.377 e. The highest BCUT2D eigenvalue weighted by Crippen LogP contribution is 2.32. The molecule has 22 heavy (non-hydrogen) atoms. The van der Waals surface area contributed by atoms with Gasteiger partial charge in [0.25, 0.3) is 0 Å². The van der Waals surface area contributed by atoms with Crippen molar-refractivity contribution >= 4 is 21.4 Å². The zero-order valence-corrected chi connectivity index (χ0v) is 13.5. The average molecular weight is 323 g/mol. The molecule has 1 aromatic carbocycles. The first-order valence-corrected chi connectivity index (χ1v) is 9.50. The lowest BCUT2D eigenvalue weighted by Crippen LogP contribution is -2.40. The number of carbonyl (C=O) groups excluding carboxylic acids is 1. The van der Waals surface area contributed by atoms with Crippen LogP contribution >= 0.6 is 0 Å². The Balaban J connectivity index is 1.71. The summed E-state index contributed by atoms with van der Waals surface area (Å²) < 4.78 is 29.9. The first-order valence-electron chi connectivity index (χ1n) is 7.68. The van der Waals surface area contributed by atoms with Crippen molar-refractivity contribution in [2.75, 3.05) is 23.0 Å². The third kappa shape index (κ3) is 3.17. The molecule has 1 aromatic rings. The second kappa shape index (κ2) is 6.01. The Morgan fingerprint density at radius 1 is 1.36 bits per heavy atom. The van der Waals surface area contributed by atoms with E-state index < -0.39 is 15.6 Å². The van der Waals surface area contributed by atoms with E-state index in [9.17, 15) is 13.2 Å². The number of benzene rings is 1. The number of para-hydroxylation sites is 1. The van der Waals surface area contributed by atoms with E-state index in [0.717, 1.165) is 30.5 Å². The number of hydrogen-bond donors (Lipinski definition) is 0. The molecule has 3 rings (SSSR count). The number of sulfone groups is 1. The summed E-state index contributed by atoms with van der Waals surface area (Å²) in [5, 5.41) is 0. The van der Waals surface area contributed by atoms with Gasteiger partial charge in [-0.1, -0.05) is 18.2 Å². The van der Waals surface area contributed by atoms with E-state index in [0.29, 0.717) is 6.61 Å². The van der Waals surface area contributed by atoms with Crippen molar-refractivity contribution in [3.63, 3.8) is 0 Å². The van der Waals surface area contributed by atoms with Gasteiger partial charge in [-0.3, -0.25) is 4.79 Å². The summed E-state index contributed by atoms with van der Waals surface area (Å²) in [6, 6.07) is 7.68. The molecule has 6 heteroatoms. The normalized spacial score (nSPS) is 24.5. The summed E-state index contributed by atoms with van der Waals surface area (Å²) in [6.45, 7) is 2.56. The van der Waals surface area contributed by atoms with Gasteiger partial charge in [0.15, 0.2) is 9.84 Å². The first kappa shape index (κ1) is 15.5. The van der Waals surface area contributed by atoms with Crippen molar-refractivity contribution < 1.29 is 17.9 Å². The topological polar surface area (TPSA) is 63.7 Å². The zero-order chi connectivity index (χ0) is 15.7. The summed E-state index contributed by atoms with van der Waals surface area (Å²) in [5.41, 5.74) is 1.94. The smallest absolute Gasteiger partial charge is 0.242 e. The minimum absolute atomic E-state index is 0.00262. The van der Waals surface area contributed by atoms with Crippen LogP contribution in [0.15, 0.2) is 24.3 Å². The van der Waals surface area contributed by atoms with E-state index in [1.54, 1.807) is 4.90 Å². The lowest BCUT2D eigenvalue weighted by atomic mass is 10.1. The molecule has 1 fully saturated rings. The van der Waals surface area contributed by atoms with E-state index in [-0.39, 0.29) is 23.8 Å². The Morgan fingerprint density at radius 2 is 2.14 bits per heavy atom. The van der Waals surface area contributed by atoms with Crippen LogP contribution in [-0.4, -0.2) is 44.6 Å². The average Bonchev–Trinajstić information content (AvgIpc) is 3.03. The van der Waals surface area contributed by atoms with Crippen LogP contribution < -0.4 is 4.90 Å². The molecule has 0 radical (unpaired) electrons. The number of rotatable bonds is 4. The maximum atomic E-state index is 12.5. The van der Waals surface area contributed by atoms with Gasteiger partial charge in [-0.25, -0.2) is 8.42 Å². The van der Waals surface area contributed by atoms with E-state index in [4.69, 9.17) is 4.74 Å². The number of hydrogen-bond acceptors (Lipinski definition) is 4. The molecule has 120 valence electrons. The van der Waals surface area contributed by atoms with Gasteiger partial charge in [0.1, 0.15) is 5.75 Å². The van der Waals surface area contributed by atoms with E-state index in [1.807, 2.05) is 31.2 Å². The molecule has 1 amide bonds. The molecule has 0 N–H and O–H groups in total. The molecule has 2 atom stereocenters. The summed E-state index contributed by atoms with van der Waals surface area (Å²) >= 11 is 0. The van der Waals surface area contributed by atoms with Crippen molar-refractivity contribution in [2.45, 2.75) is 38.3 Å². The second-order valence-corrected chi connectivity index (χ2v) is 8.24. The lowest BCUT2D eigenvalue weighted by molar-refractivity contribution is -0.116. The van der Waals surface area contributed by atoms with Gasteiger partial charge in [-0.15, -0.1) is 0 Å². The largest absolute Gasteiger partial charge is 0.377 e. The Kier molecular flexibility index (Phi) is 4.23. The molecular formula is C16H21NO4S. The van der Waals surface area contributed by atoms with E-state index >= 15 is 0 Å². The number of amides is 1. The van der Waals surface area contributed by atoms with Crippen molar-refractivity contribution in [1.82, 2.24) is 0 Å². The maximum Gasteiger partial charge on any atom is 0.242 e. The van der Waals surface area contributed by atoms with E-state index in [2.05, 4.69) is 0 Å². The minimum atomic E-state index is -3.44. The molecule has 0 saturated carbocycles. The molecule has 2 aliphatic rings. The van der Waals surface area contributed by atoms with Gasteiger partial charge in [0.05, 0.1) is 11.9 Å². The van der Waals surface area contributed by atoms with Crippen LogP contribution in [0.5, 0.6) is 0 Å². The highest BCUT2D eigenvalue weighted by atomic mass is 32.2. The van der Waals surface area contributed by atoms with Gasteiger partial charge in [0, 0.05) is 18.3 Å². The second-order valence-electron chi connectivity index (χ2n) is 6.14. The Hall–Kier alpha value is -1.40. The van der Waals surface area contributed by atoms with Crippen LogP contribution in [0.25, 0.3) is 0 Å². The molecule has 0 unspecified atom stereocenters.